The van der Waals surface area contributed by atoms with Crippen LogP contribution in [0, 0.1) is 13.8 Å². The van der Waals surface area contributed by atoms with Crippen LogP contribution in [0.1, 0.15) is 48.6 Å². The number of hydrogen-bond donors (Lipinski definition) is 0. The molecule has 1 aromatic heterocycles. The first-order valence-corrected chi connectivity index (χ1v) is 9.41. The van der Waals surface area contributed by atoms with Crippen LogP contribution in [0.25, 0.3) is 17.1 Å². The van der Waals surface area contributed by atoms with E-state index in [0.29, 0.717) is 5.92 Å². The summed E-state index contributed by atoms with van der Waals surface area (Å²) < 4.78 is 4.92. The van der Waals surface area contributed by atoms with E-state index in [0.717, 1.165) is 0 Å². The maximum atomic E-state index is 2.47. The van der Waals surface area contributed by atoms with Crippen LogP contribution in [0.2, 0.25) is 0 Å². The molecule has 1 aliphatic carbocycles. The van der Waals surface area contributed by atoms with Crippen LogP contribution in [0.5, 0.6) is 0 Å². The summed E-state index contributed by atoms with van der Waals surface area (Å²) in [5, 5.41) is 0. The normalized spacial score (nSPS) is 15.0. The fourth-order valence-electron chi connectivity index (χ4n) is 4.57. The second-order valence-corrected chi connectivity index (χ2v) is 7.32. The Bertz CT molecular complexity index is 884. The molecule has 0 N–H and O–H groups in total. The summed E-state index contributed by atoms with van der Waals surface area (Å²) >= 11 is 0. The summed E-state index contributed by atoms with van der Waals surface area (Å²) in [5.41, 5.74) is 6.79. The minimum Gasteiger partial charge on any atom is -0.229 e. The third kappa shape index (κ3) is 2.70. The quantitative estimate of drug-likeness (QED) is 0.580. The molecule has 0 spiro atoms. The summed E-state index contributed by atoms with van der Waals surface area (Å²) in [6.45, 7) is 4.51. The molecule has 0 aliphatic heterocycles. The number of aromatic nitrogens is 2. The van der Waals surface area contributed by atoms with Gasteiger partial charge in [0.25, 0.3) is 5.82 Å². The highest BCUT2D eigenvalue weighted by molar-refractivity contribution is 5.58. The molecule has 2 heteroatoms. The average molecular weight is 331 g/mol. The molecule has 0 bridgehead atoms. The Morgan fingerprint density at radius 3 is 2.20 bits per heavy atom. The third-order valence-corrected chi connectivity index (χ3v) is 5.73. The zero-order valence-corrected chi connectivity index (χ0v) is 15.5. The van der Waals surface area contributed by atoms with E-state index in [4.69, 9.17) is 0 Å². The lowest BCUT2D eigenvalue weighted by molar-refractivity contribution is -0.668. The van der Waals surface area contributed by atoms with Gasteiger partial charge in [-0.25, -0.2) is 4.57 Å². The molecule has 2 aromatic carbocycles. The van der Waals surface area contributed by atoms with Crippen molar-refractivity contribution in [3.8, 4) is 17.1 Å². The van der Waals surface area contributed by atoms with Gasteiger partial charge in [0.2, 0.25) is 0 Å². The largest absolute Gasteiger partial charge is 0.294 e. The zero-order valence-electron chi connectivity index (χ0n) is 15.5. The van der Waals surface area contributed by atoms with Crippen molar-refractivity contribution in [2.75, 3.05) is 0 Å². The van der Waals surface area contributed by atoms with E-state index in [1.165, 1.54) is 59.7 Å². The van der Waals surface area contributed by atoms with Crippen LogP contribution in [0.4, 0.5) is 0 Å². The van der Waals surface area contributed by atoms with E-state index in [9.17, 15) is 0 Å². The van der Waals surface area contributed by atoms with Crippen molar-refractivity contribution in [1.82, 2.24) is 4.57 Å². The van der Waals surface area contributed by atoms with Gasteiger partial charge in [-0.2, -0.15) is 4.57 Å². The Labute approximate surface area is 150 Å². The maximum absolute atomic E-state index is 2.47. The number of nitrogens with zero attached hydrogens (tertiary/aromatic N) is 2. The van der Waals surface area contributed by atoms with E-state index in [1.54, 1.807) is 0 Å². The predicted molar refractivity (Wildman–Crippen MR) is 103 cm³/mol. The Kier molecular flexibility index (Phi) is 4.20. The lowest BCUT2D eigenvalue weighted by Crippen LogP contribution is -2.35. The monoisotopic (exact) mass is 331 g/mol. The minimum atomic E-state index is 0.692. The molecular weight excluding hydrogens is 304 g/mol. The molecule has 1 heterocycles. The molecule has 1 aliphatic rings. The van der Waals surface area contributed by atoms with E-state index in [2.05, 4.69) is 84.6 Å². The van der Waals surface area contributed by atoms with E-state index in [-0.39, 0.29) is 0 Å². The first kappa shape index (κ1) is 16.1. The van der Waals surface area contributed by atoms with Crippen LogP contribution in [0.3, 0.4) is 0 Å². The molecule has 0 radical (unpaired) electrons. The molecule has 128 valence electrons. The molecular formula is C23H27N2+. The number of benzene rings is 2. The number of imidazole rings is 1. The first-order valence-electron chi connectivity index (χ1n) is 9.41. The molecule has 0 atom stereocenters. The average Bonchev–Trinajstić information content (AvgIpc) is 3.23. The van der Waals surface area contributed by atoms with Crippen LogP contribution < -0.4 is 4.57 Å². The minimum absolute atomic E-state index is 0.692. The highest BCUT2D eigenvalue weighted by Gasteiger charge is 2.34. The Balaban J connectivity index is 2.01. The smallest absolute Gasteiger partial charge is 0.229 e. The molecule has 0 amide bonds. The number of hydrogen-bond acceptors (Lipinski definition) is 0. The van der Waals surface area contributed by atoms with E-state index in [1.807, 2.05) is 0 Å². The summed E-state index contributed by atoms with van der Waals surface area (Å²) in [4.78, 5) is 0. The van der Waals surface area contributed by atoms with E-state index >= 15 is 0 Å². The summed E-state index contributed by atoms with van der Waals surface area (Å²) in [5.74, 6) is 1.98. The fourth-order valence-corrected chi connectivity index (χ4v) is 4.57. The Morgan fingerprint density at radius 2 is 1.52 bits per heavy atom. The Hall–Kier alpha value is -2.35. The lowest BCUT2D eigenvalue weighted by Gasteiger charge is -2.07. The summed E-state index contributed by atoms with van der Waals surface area (Å²) in [6.07, 6.45) is 5.36. The SMILES string of the molecule is Cc1ccccc1-n1c(C)c(C2CCCC2)[n+](C)c1-c1ccccc1. The van der Waals surface area contributed by atoms with Crippen LogP contribution in [-0.4, -0.2) is 4.57 Å². The molecule has 1 fully saturated rings. The molecule has 1 saturated carbocycles. The van der Waals surface area contributed by atoms with Crippen molar-refractivity contribution in [1.29, 1.82) is 0 Å². The molecule has 3 aromatic rings. The van der Waals surface area contributed by atoms with Gasteiger partial charge in [-0.3, -0.25) is 0 Å². The van der Waals surface area contributed by atoms with Gasteiger partial charge in [-0.15, -0.1) is 0 Å². The van der Waals surface area contributed by atoms with Crippen LogP contribution in [-0.2, 0) is 7.05 Å². The fraction of sp³-hybridized carbons (Fsp3) is 0.348. The van der Waals surface area contributed by atoms with Gasteiger partial charge < -0.3 is 0 Å². The highest BCUT2D eigenvalue weighted by atomic mass is 15.2. The van der Waals surface area contributed by atoms with Crippen LogP contribution in [0.15, 0.2) is 54.6 Å². The number of aryl methyl sites for hydroxylation is 1. The molecule has 0 unspecified atom stereocenters. The zero-order chi connectivity index (χ0) is 17.4. The Morgan fingerprint density at radius 1 is 0.880 bits per heavy atom. The lowest BCUT2D eigenvalue weighted by atomic mass is 10.0. The molecule has 0 saturated heterocycles. The topological polar surface area (TPSA) is 8.81 Å². The van der Waals surface area contributed by atoms with Crippen LogP contribution >= 0.6 is 0 Å². The van der Waals surface area contributed by atoms with Gasteiger partial charge in [-0.1, -0.05) is 49.2 Å². The van der Waals surface area contributed by atoms with Gasteiger partial charge in [0, 0.05) is 12.8 Å². The molecule has 2 nitrogen and oxygen atoms in total. The second-order valence-electron chi connectivity index (χ2n) is 7.32. The number of para-hydroxylation sites is 1. The van der Waals surface area contributed by atoms with Crippen molar-refractivity contribution in [2.24, 2.45) is 7.05 Å². The van der Waals surface area contributed by atoms with Gasteiger partial charge in [0.15, 0.2) is 0 Å². The summed E-state index contributed by atoms with van der Waals surface area (Å²) in [7, 11) is 2.25. The van der Waals surface area contributed by atoms with Crippen molar-refractivity contribution < 1.29 is 4.57 Å². The number of rotatable bonds is 3. The van der Waals surface area contributed by atoms with Crippen molar-refractivity contribution in [2.45, 2.75) is 45.4 Å². The van der Waals surface area contributed by atoms with E-state index < -0.39 is 0 Å². The standard InChI is InChI=1S/C23H27N2/c1-17-11-7-10-16-21(17)25-18(2)22(19-12-8-9-13-19)24(3)23(25)20-14-5-4-6-15-20/h4-7,10-11,14-16,19H,8-9,12-13H2,1-3H3/q+1. The van der Waals surface area contributed by atoms with Crippen molar-refractivity contribution in [3.63, 3.8) is 0 Å². The van der Waals surface area contributed by atoms with Gasteiger partial charge in [0.1, 0.15) is 17.1 Å². The van der Waals surface area contributed by atoms with Gasteiger partial charge in [0.05, 0.1) is 12.6 Å². The highest BCUT2D eigenvalue weighted by Crippen LogP contribution is 2.37. The third-order valence-electron chi connectivity index (χ3n) is 5.73. The van der Waals surface area contributed by atoms with Gasteiger partial charge in [-0.05, 0) is 43.5 Å². The summed E-state index contributed by atoms with van der Waals surface area (Å²) in [6, 6.07) is 19.5. The van der Waals surface area contributed by atoms with Crippen molar-refractivity contribution >= 4 is 0 Å². The molecule has 25 heavy (non-hydrogen) atoms. The first-order chi connectivity index (χ1) is 12.2. The second kappa shape index (κ2) is 6.51. The maximum Gasteiger partial charge on any atom is 0.294 e. The molecule has 4 rings (SSSR count). The predicted octanol–water partition coefficient (Wildman–Crippen LogP) is 5.24. The van der Waals surface area contributed by atoms with Gasteiger partial charge >= 0.3 is 0 Å². The van der Waals surface area contributed by atoms with Crippen molar-refractivity contribution in [3.05, 3.63) is 71.5 Å².